The fourth-order valence-electron chi connectivity index (χ4n) is 3.70. The molecule has 2 atom stereocenters. The molecule has 0 aromatic carbocycles. The van der Waals surface area contributed by atoms with E-state index in [4.69, 9.17) is 4.74 Å². The number of sulfonamides is 1. The maximum atomic E-state index is 12.7. The quantitative estimate of drug-likeness (QED) is 0.736. The number of carbonyl (C=O) groups is 1. The van der Waals surface area contributed by atoms with Gasteiger partial charge in [-0.3, -0.25) is 4.79 Å². The number of aromatic nitrogens is 1. The summed E-state index contributed by atoms with van der Waals surface area (Å²) in [5.74, 6) is 1.78. The number of anilines is 1. The summed E-state index contributed by atoms with van der Waals surface area (Å²) in [4.78, 5) is 21.0. The molecule has 1 aromatic rings. The van der Waals surface area contributed by atoms with E-state index in [1.807, 2.05) is 4.90 Å². The first-order valence-electron chi connectivity index (χ1n) is 9.54. The second-order valence-electron chi connectivity index (χ2n) is 7.50. The number of nitrogens with zero attached hydrogens (tertiary/aromatic N) is 4. The van der Waals surface area contributed by atoms with Crippen LogP contribution in [0, 0.1) is 11.8 Å². The van der Waals surface area contributed by atoms with Crippen LogP contribution in [-0.2, 0) is 19.6 Å². The van der Waals surface area contributed by atoms with Gasteiger partial charge in [0, 0.05) is 51.4 Å². The van der Waals surface area contributed by atoms with Crippen LogP contribution in [0.15, 0.2) is 23.2 Å². The summed E-state index contributed by atoms with van der Waals surface area (Å²) in [7, 11) is -3.52. The highest BCUT2D eigenvalue weighted by Gasteiger charge is 2.42. The Kier molecular flexibility index (Phi) is 5.09. The van der Waals surface area contributed by atoms with E-state index in [9.17, 15) is 13.2 Å². The summed E-state index contributed by atoms with van der Waals surface area (Å²) in [5.41, 5.74) is 0. The van der Waals surface area contributed by atoms with Crippen molar-refractivity contribution in [2.75, 3.05) is 57.4 Å². The van der Waals surface area contributed by atoms with Crippen molar-refractivity contribution in [3.8, 4) is 0 Å². The lowest BCUT2D eigenvalue weighted by Crippen LogP contribution is -2.49. The highest BCUT2D eigenvalue weighted by Crippen LogP contribution is 2.39. The molecule has 1 aromatic heterocycles. The third kappa shape index (κ3) is 3.81. The van der Waals surface area contributed by atoms with Gasteiger partial charge in [-0.15, -0.1) is 0 Å². The summed E-state index contributed by atoms with van der Waals surface area (Å²) >= 11 is 0. The zero-order valence-electron chi connectivity index (χ0n) is 15.6. The second-order valence-corrected chi connectivity index (χ2v) is 9.44. The summed E-state index contributed by atoms with van der Waals surface area (Å²) in [6.45, 7) is 6.54. The van der Waals surface area contributed by atoms with Crippen molar-refractivity contribution in [1.29, 1.82) is 0 Å². The molecule has 1 aliphatic carbocycles. The fraction of sp³-hybridized carbons (Fsp3) is 0.667. The zero-order chi connectivity index (χ0) is 19.0. The van der Waals surface area contributed by atoms with Gasteiger partial charge >= 0.3 is 0 Å². The van der Waals surface area contributed by atoms with Crippen LogP contribution < -0.4 is 4.90 Å². The van der Waals surface area contributed by atoms with Gasteiger partial charge in [0.25, 0.3) is 0 Å². The standard InChI is InChI=1S/C18H26N4O4S/c1-14-12-16(14)18(23)21-6-4-20(5-7-21)17-3-2-15(13-19-17)27(24,25)22-8-10-26-11-9-22/h2-3,13-14,16H,4-12H2,1H3/t14-,16+/m1/s1. The number of ether oxygens (including phenoxy) is 1. The highest BCUT2D eigenvalue weighted by atomic mass is 32.2. The molecule has 148 valence electrons. The number of rotatable bonds is 4. The largest absolute Gasteiger partial charge is 0.379 e. The Hall–Kier alpha value is -1.71. The van der Waals surface area contributed by atoms with E-state index in [0.717, 1.165) is 25.3 Å². The van der Waals surface area contributed by atoms with Crippen LogP contribution in [-0.4, -0.2) is 81.0 Å². The fourth-order valence-corrected chi connectivity index (χ4v) is 5.06. The Balaban J connectivity index is 1.37. The van der Waals surface area contributed by atoms with Gasteiger partial charge in [-0.2, -0.15) is 4.31 Å². The van der Waals surface area contributed by atoms with Gasteiger partial charge in [0.1, 0.15) is 10.7 Å². The molecular weight excluding hydrogens is 368 g/mol. The maximum Gasteiger partial charge on any atom is 0.244 e. The van der Waals surface area contributed by atoms with Crippen molar-refractivity contribution >= 4 is 21.7 Å². The van der Waals surface area contributed by atoms with Crippen molar-refractivity contribution in [2.24, 2.45) is 11.8 Å². The minimum Gasteiger partial charge on any atom is -0.379 e. The second kappa shape index (κ2) is 7.37. The number of carbonyl (C=O) groups excluding carboxylic acids is 1. The molecule has 2 aliphatic heterocycles. The number of hydrogen-bond acceptors (Lipinski definition) is 6. The number of pyridine rings is 1. The van der Waals surface area contributed by atoms with Crippen LogP contribution in [0.1, 0.15) is 13.3 Å². The van der Waals surface area contributed by atoms with Gasteiger partial charge < -0.3 is 14.5 Å². The molecule has 4 rings (SSSR count). The van der Waals surface area contributed by atoms with Crippen molar-refractivity contribution in [3.05, 3.63) is 18.3 Å². The molecule has 9 heteroatoms. The minimum atomic E-state index is -3.52. The average Bonchev–Trinajstić information content (AvgIpc) is 3.45. The monoisotopic (exact) mass is 394 g/mol. The lowest BCUT2D eigenvalue weighted by molar-refractivity contribution is -0.133. The van der Waals surface area contributed by atoms with Gasteiger partial charge in [0.2, 0.25) is 15.9 Å². The predicted octanol–water partition coefficient (Wildman–Crippen LogP) is 0.407. The van der Waals surface area contributed by atoms with E-state index in [1.165, 1.54) is 10.5 Å². The minimum absolute atomic E-state index is 0.213. The molecule has 3 heterocycles. The maximum absolute atomic E-state index is 12.7. The van der Waals surface area contributed by atoms with E-state index in [0.29, 0.717) is 45.3 Å². The van der Waals surface area contributed by atoms with Gasteiger partial charge in [0.05, 0.1) is 13.2 Å². The first-order valence-corrected chi connectivity index (χ1v) is 11.0. The lowest BCUT2D eigenvalue weighted by Gasteiger charge is -2.35. The average molecular weight is 394 g/mol. The molecule has 27 heavy (non-hydrogen) atoms. The Labute approximate surface area is 160 Å². The van der Waals surface area contributed by atoms with E-state index in [1.54, 1.807) is 12.1 Å². The first kappa shape index (κ1) is 18.6. The number of amides is 1. The molecule has 1 amide bonds. The Bertz CT molecular complexity index is 784. The molecule has 0 radical (unpaired) electrons. The molecule has 8 nitrogen and oxygen atoms in total. The van der Waals surface area contributed by atoms with E-state index in [2.05, 4.69) is 16.8 Å². The van der Waals surface area contributed by atoms with Crippen molar-refractivity contribution in [1.82, 2.24) is 14.2 Å². The molecule has 3 aliphatic rings. The van der Waals surface area contributed by atoms with Crippen molar-refractivity contribution < 1.29 is 17.9 Å². The third-order valence-electron chi connectivity index (χ3n) is 5.67. The van der Waals surface area contributed by atoms with E-state index < -0.39 is 10.0 Å². The molecule has 0 N–H and O–H groups in total. The van der Waals surface area contributed by atoms with Gasteiger partial charge in [-0.1, -0.05) is 6.92 Å². The van der Waals surface area contributed by atoms with Crippen LogP contribution in [0.4, 0.5) is 5.82 Å². The van der Waals surface area contributed by atoms with Crippen molar-refractivity contribution in [3.63, 3.8) is 0 Å². The Morgan fingerprint density at radius 3 is 2.33 bits per heavy atom. The highest BCUT2D eigenvalue weighted by molar-refractivity contribution is 7.89. The topological polar surface area (TPSA) is 83.1 Å². The van der Waals surface area contributed by atoms with Crippen LogP contribution in [0.3, 0.4) is 0 Å². The predicted molar refractivity (Wildman–Crippen MR) is 99.9 cm³/mol. The molecule has 0 bridgehead atoms. The van der Waals surface area contributed by atoms with Gasteiger partial charge in [-0.25, -0.2) is 13.4 Å². The molecule has 0 unspecified atom stereocenters. The number of piperazine rings is 1. The normalized spacial score (nSPS) is 26.9. The molecule has 1 saturated carbocycles. The first-order chi connectivity index (χ1) is 13.0. The SMILES string of the molecule is C[C@@H]1C[C@@H]1C(=O)N1CCN(c2ccc(S(=O)(=O)N3CCOCC3)cn2)CC1. The number of hydrogen-bond donors (Lipinski definition) is 0. The zero-order valence-corrected chi connectivity index (χ0v) is 16.4. The molecule has 0 spiro atoms. The van der Waals surface area contributed by atoms with Crippen LogP contribution in [0.25, 0.3) is 0 Å². The van der Waals surface area contributed by atoms with Crippen molar-refractivity contribution in [2.45, 2.75) is 18.2 Å². The number of morpholine rings is 1. The summed E-state index contributed by atoms with van der Waals surface area (Å²) in [6, 6.07) is 3.38. The van der Waals surface area contributed by atoms with Gasteiger partial charge in [0.15, 0.2) is 0 Å². The molecule has 3 fully saturated rings. The summed E-state index contributed by atoms with van der Waals surface area (Å²) in [5, 5.41) is 0. The van der Waals surface area contributed by atoms with Gasteiger partial charge in [-0.05, 0) is 24.5 Å². The third-order valence-corrected chi connectivity index (χ3v) is 7.55. The Morgan fingerprint density at radius 1 is 1.11 bits per heavy atom. The lowest BCUT2D eigenvalue weighted by atomic mass is 10.2. The van der Waals surface area contributed by atoms with E-state index >= 15 is 0 Å². The summed E-state index contributed by atoms with van der Waals surface area (Å²) < 4.78 is 32.0. The van der Waals surface area contributed by atoms with Crippen LogP contribution in [0.5, 0.6) is 0 Å². The van der Waals surface area contributed by atoms with Crippen LogP contribution in [0.2, 0.25) is 0 Å². The van der Waals surface area contributed by atoms with E-state index in [-0.39, 0.29) is 16.7 Å². The van der Waals surface area contributed by atoms with Crippen LogP contribution >= 0.6 is 0 Å². The Morgan fingerprint density at radius 2 is 1.78 bits per heavy atom. The molecular formula is C18H26N4O4S. The smallest absolute Gasteiger partial charge is 0.244 e. The summed E-state index contributed by atoms with van der Waals surface area (Å²) in [6.07, 6.45) is 2.45. The molecule has 2 saturated heterocycles.